The van der Waals surface area contributed by atoms with E-state index in [2.05, 4.69) is 4.98 Å². The summed E-state index contributed by atoms with van der Waals surface area (Å²) in [7, 11) is 0. The van der Waals surface area contributed by atoms with Crippen molar-refractivity contribution in [2.75, 3.05) is 4.90 Å². The van der Waals surface area contributed by atoms with Gasteiger partial charge in [0.05, 0.1) is 17.2 Å². The zero-order valence-corrected chi connectivity index (χ0v) is 18.8. The first-order valence-corrected chi connectivity index (χ1v) is 10.6. The van der Waals surface area contributed by atoms with Crippen molar-refractivity contribution in [3.8, 4) is 6.07 Å². The van der Waals surface area contributed by atoms with Gasteiger partial charge in [0.15, 0.2) is 0 Å². The topological polar surface area (TPSA) is 129 Å². The quantitative estimate of drug-likeness (QED) is 0.567. The first-order valence-electron chi connectivity index (χ1n) is 10.6. The molecule has 36 heavy (non-hydrogen) atoms. The molecule has 0 saturated heterocycles. The summed E-state index contributed by atoms with van der Waals surface area (Å²) < 4.78 is 41.4. The monoisotopic (exact) mass is 492 g/mol. The number of hydrogen-bond donors (Lipinski definition) is 2. The van der Waals surface area contributed by atoms with Crippen molar-refractivity contribution in [1.29, 1.82) is 10.7 Å². The molecule has 2 heterocycles. The van der Waals surface area contributed by atoms with Crippen LogP contribution >= 0.6 is 0 Å². The normalized spacial score (nSPS) is 18.2. The van der Waals surface area contributed by atoms with Gasteiger partial charge >= 0.3 is 6.18 Å². The number of nitriles is 1. The Balaban J connectivity index is 1.99. The number of anilines is 1. The number of carbonyl (C=O) groups excluding carboxylic acids is 2. The molecule has 0 bridgehead atoms. The molecule has 182 valence electrons. The van der Waals surface area contributed by atoms with Gasteiger partial charge in [0.2, 0.25) is 5.91 Å². The van der Waals surface area contributed by atoms with Crippen LogP contribution in [0.5, 0.6) is 0 Å². The lowest BCUT2D eigenvalue weighted by molar-refractivity contribution is -0.137. The molecule has 4 rings (SSSR count). The highest BCUT2D eigenvalue weighted by Gasteiger charge is 2.46. The van der Waals surface area contributed by atoms with E-state index >= 15 is 0 Å². The number of rotatable bonds is 4. The van der Waals surface area contributed by atoms with Gasteiger partial charge in [-0.25, -0.2) is 4.98 Å². The molecule has 11 heteroatoms. The Morgan fingerprint density at radius 3 is 2.42 bits per heavy atom. The van der Waals surface area contributed by atoms with Crippen LogP contribution in [0, 0.1) is 22.7 Å². The lowest BCUT2D eigenvalue weighted by Gasteiger charge is -2.41. The molecule has 1 aliphatic heterocycles. The number of nitrogens with two attached hydrogens (primary N) is 1. The van der Waals surface area contributed by atoms with E-state index in [4.69, 9.17) is 16.4 Å². The Labute approximate surface area is 203 Å². The molecule has 2 aromatic carbocycles. The van der Waals surface area contributed by atoms with Gasteiger partial charge in [-0.2, -0.15) is 18.4 Å². The van der Waals surface area contributed by atoms with Crippen LogP contribution in [0.1, 0.15) is 34.3 Å². The summed E-state index contributed by atoms with van der Waals surface area (Å²) in [6, 6.07) is 12.4. The van der Waals surface area contributed by atoms with Gasteiger partial charge in [-0.05, 0) is 42.8 Å². The number of carbonyl (C=O) groups is 2. The number of allylic oxidation sites excluding steroid dienone is 2. The van der Waals surface area contributed by atoms with E-state index in [-0.39, 0.29) is 22.8 Å². The van der Waals surface area contributed by atoms with E-state index < -0.39 is 35.4 Å². The zero-order valence-electron chi connectivity index (χ0n) is 18.8. The summed E-state index contributed by atoms with van der Waals surface area (Å²) in [5.74, 6) is -4.32. The van der Waals surface area contributed by atoms with Gasteiger partial charge in [-0.3, -0.25) is 19.6 Å². The molecule has 0 aliphatic carbocycles. The van der Waals surface area contributed by atoms with Crippen molar-refractivity contribution >= 4 is 23.3 Å². The summed E-state index contributed by atoms with van der Waals surface area (Å²) >= 11 is 0. The number of imidazole rings is 1. The highest BCUT2D eigenvalue weighted by molar-refractivity contribution is 6.16. The van der Waals surface area contributed by atoms with E-state index in [0.717, 1.165) is 17.0 Å². The van der Waals surface area contributed by atoms with Gasteiger partial charge in [-0.1, -0.05) is 18.2 Å². The number of amidine groups is 1. The van der Waals surface area contributed by atoms with Crippen LogP contribution in [-0.4, -0.2) is 27.2 Å². The minimum absolute atomic E-state index is 0.0483. The van der Waals surface area contributed by atoms with E-state index in [1.165, 1.54) is 54.5 Å². The second-order valence-corrected chi connectivity index (χ2v) is 8.13. The molecule has 0 fully saturated rings. The average molecular weight is 492 g/mol. The predicted octanol–water partition coefficient (Wildman–Crippen LogP) is 4.07. The first kappa shape index (κ1) is 24.4. The molecule has 0 radical (unpaired) electrons. The van der Waals surface area contributed by atoms with Crippen LogP contribution < -0.4 is 10.6 Å². The molecule has 2 atom stereocenters. The lowest BCUT2D eigenvalue weighted by Crippen LogP contribution is -2.49. The van der Waals surface area contributed by atoms with E-state index in [9.17, 15) is 22.8 Å². The number of primary amides is 1. The maximum atomic E-state index is 13.6. The number of benzene rings is 2. The minimum Gasteiger partial charge on any atom is -0.369 e. The van der Waals surface area contributed by atoms with Crippen molar-refractivity contribution in [3.05, 3.63) is 95.2 Å². The average Bonchev–Trinajstić information content (AvgIpc) is 3.38. The van der Waals surface area contributed by atoms with Crippen LogP contribution in [0.3, 0.4) is 0 Å². The molecule has 8 nitrogen and oxygen atoms in total. The van der Waals surface area contributed by atoms with Gasteiger partial charge in [-0.15, -0.1) is 0 Å². The Hall–Kier alpha value is -4.72. The molecule has 0 spiro atoms. The van der Waals surface area contributed by atoms with Crippen molar-refractivity contribution in [3.63, 3.8) is 0 Å². The number of alkyl halides is 3. The smallest absolute Gasteiger partial charge is 0.369 e. The molecular weight excluding hydrogens is 473 g/mol. The minimum atomic E-state index is -4.64. The lowest BCUT2D eigenvalue weighted by atomic mass is 9.74. The van der Waals surface area contributed by atoms with Crippen LogP contribution in [0.2, 0.25) is 0 Å². The molecule has 1 aromatic heterocycles. The summed E-state index contributed by atoms with van der Waals surface area (Å²) in [6.45, 7) is 1.49. The summed E-state index contributed by atoms with van der Waals surface area (Å²) in [5.41, 5.74) is 5.71. The van der Waals surface area contributed by atoms with Gasteiger partial charge in [0, 0.05) is 35.3 Å². The van der Waals surface area contributed by atoms with Crippen molar-refractivity contribution in [2.24, 2.45) is 11.7 Å². The Kier molecular flexibility index (Phi) is 6.20. The second kappa shape index (κ2) is 9.14. The fourth-order valence-electron chi connectivity index (χ4n) is 4.37. The summed E-state index contributed by atoms with van der Waals surface area (Å²) in [6.07, 6.45) is -0.612. The summed E-state index contributed by atoms with van der Waals surface area (Å²) in [4.78, 5) is 31.4. The third-order valence-corrected chi connectivity index (χ3v) is 6.01. The van der Waals surface area contributed by atoms with Crippen LogP contribution in [0.25, 0.3) is 0 Å². The molecule has 3 aromatic rings. The van der Waals surface area contributed by atoms with Crippen molar-refractivity contribution < 1.29 is 22.8 Å². The van der Waals surface area contributed by atoms with Crippen LogP contribution in [-0.2, 0) is 11.0 Å². The zero-order chi connectivity index (χ0) is 26.2. The first-order chi connectivity index (χ1) is 17.0. The maximum Gasteiger partial charge on any atom is 0.416 e. The Bertz CT molecular complexity index is 1420. The number of hydrogen-bond acceptors (Lipinski definition) is 5. The molecule has 3 N–H and O–H groups in total. The molecule has 1 amide bonds. The predicted molar refractivity (Wildman–Crippen MR) is 124 cm³/mol. The largest absolute Gasteiger partial charge is 0.416 e. The van der Waals surface area contributed by atoms with Crippen molar-refractivity contribution in [1.82, 2.24) is 9.55 Å². The highest BCUT2D eigenvalue weighted by atomic mass is 19.4. The van der Waals surface area contributed by atoms with Crippen LogP contribution in [0.4, 0.5) is 18.9 Å². The van der Waals surface area contributed by atoms with Crippen LogP contribution in [0.15, 0.2) is 78.5 Å². The molecule has 1 aliphatic rings. The molecule has 2 unspecified atom stereocenters. The standard InChI is InChI=1S/C25H19F3N6O2/c1-14-19(24(36)33-10-9-32-13-33)20(16-7-5-15(12-29)6-8-16)21(23(31)35)22(30)34(14)18-4-2-3-17(11-18)25(26,27)28/h2-11,13,20-21,30H,1H3,(H2,31,35). The number of nitrogens with one attached hydrogen (secondary N) is 1. The second-order valence-electron chi connectivity index (χ2n) is 8.13. The fourth-order valence-corrected chi connectivity index (χ4v) is 4.37. The van der Waals surface area contributed by atoms with E-state index in [1.54, 1.807) is 12.1 Å². The third-order valence-electron chi connectivity index (χ3n) is 6.01. The highest BCUT2D eigenvalue weighted by Crippen LogP contribution is 2.43. The van der Waals surface area contributed by atoms with E-state index in [1.807, 2.05) is 6.07 Å². The summed E-state index contributed by atoms with van der Waals surface area (Å²) in [5, 5.41) is 18.0. The number of nitrogens with zero attached hydrogens (tertiary/aromatic N) is 4. The van der Waals surface area contributed by atoms with E-state index in [0.29, 0.717) is 11.1 Å². The van der Waals surface area contributed by atoms with Gasteiger partial charge < -0.3 is 10.6 Å². The third kappa shape index (κ3) is 4.24. The number of halogens is 3. The number of amides is 1. The van der Waals surface area contributed by atoms with Gasteiger partial charge in [0.1, 0.15) is 18.1 Å². The number of aromatic nitrogens is 2. The molecular formula is C25H19F3N6O2. The van der Waals surface area contributed by atoms with Gasteiger partial charge in [0.25, 0.3) is 5.91 Å². The molecule has 0 saturated carbocycles. The Morgan fingerprint density at radius 2 is 1.86 bits per heavy atom. The fraction of sp³-hybridized carbons (Fsp3) is 0.160. The SMILES string of the molecule is CC1=C(C(=O)n2ccnc2)C(c2ccc(C#N)cc2)C(C(N)=O)C(=N)N1c1cccc(C(F)(F)F)c1. The Morgan fingerprint density at radius 1 is 1.17 bits per heavy atom. The van der Waals surface area contributed by atoms with Crippen molar-refractivity contribution in [2.45, 2.75) is 19.0 Å². The maximum absolute atomic E-state index is 13.6.